The number of piperidine rings is 1. The van der Waals surface area contributed by atoms with Crippen molar-refractivity contribution in [2.24, 2.45) is 0 Å². The molecule has 0 amide bonds. The lowest BCUT2D eigenvalue weighted by atomic mass is 9.87. The van der Waals surface area contributed by atoms with E-state index in [9.17, 15) is 9.59 Å². The molecule has 1 unspecified atom stereocenters. The van der Waals surface area contributed by atoms with Crippen molar-refractivity contribution in [3.05, 3.63) is 33.7 Å². The van der Waals surface area contributed by atoms with Gasteiger partial charge >= 0.3 is 11.7 Å². The lowest BCUT2D eigenvalue weighted by Crippen LogP contribution is -2.54. The molecule has 2 saturated heterocycles. The third-order valence-corrected chi connectivity index (χ3v) is 6.35. The van der Waals surface area contributed by atoms with E-state index in [0.29, 0.717) is 13.0 Å². The van der Waals surface area contributed by atoms with Crippen LogP contribution in [0.25, 0.3) is 11.0 Å². The first-order chi connectivity index (χ1) is 12.4. The Hall–Kier alpha value is -2.08. The summed E-state index contributed by atoms with van der Waals surface area (Å²) in [6.07, 6.45) is 3.19. The Labute approximate surface area is 153 Å². The summed E-state index contributed by atoms with van der Waals surface area (Å²) in [6.45, 7) is 8.63. The minimum Gasteiger partial charge on any atom is -0.466 e. The van der Waals surface area contributed by atoms with Crippen LogP contribution in [0.5, 0.6) is 0 Å². The topological polar surface area (TPSA) is 67.3 Å². The van der Waals surface area contributed by atoms with Crippen molar-refractivity contribution >= 4 is 17.0 Å². The van der Waals surface area contributed by atoms with E-state index in [1.807, 2.05) is 4.57 Å². The zero-order valence-electron chi connectivity index (χ0n) is 15.8. The van der Waals surface area contributed by atoms with Gasteiger partial charge in [0.25, 0.3) is 0 Å². The van der Waals surface area contributed by atoms with Crippen molar-refractivity contribution in [1.29, 1.82) is 0 Å². The predicted octanol–water partition coefficient (Wildman–Crippen LogP) is 2.68. The summed E-state index contributed by atoms with van der Waals surface area (Å²) >= 11 is 0. The SMILES string of the molecule is Cc1cc2[nH]c(=O)n(C3CCN(C4(C)CCOC(=O)C4)CC3)c2cc1C. The minimum absolute atomic E-state index is 0.0177. The van der Waals surface area contributed by atoms with E-state index in [1.165, 1.54) is 11.1 Å². The van der Waals surface area contributed by atoms with Gasteiger partial charge in [0.1, 0.15) is 0 Å². The summed E-state index contributed by atoms with van der Waals surface area (Å²) in [5.41, 5.74) is 4.19. The summed E-state index contributed by atoms with van der Waals surface area (Å²) in [6, 6.07) is 4.38. The fourth-order valence-corrected chi connectivity index (χ4v) is 4.52. The zero-order valence-corrected chi connectivity index (χ0v) is 15.8. The van der Waals surface area contributed by atoms with E-state index in [1.54, 1.807) is 0 Å². The molecule has 0 bridgehead atoms. The molecule has 26 heavy (non-hydrogen) atoms. The quantitative estimate of drug-likeness (QED) is 0.839. The highest BCUT2D eigenvalue weighted by molar-refractivity contribution is 5.77. The number of likely N-dealkylation sites (tertiary alicyclic amines) is 1. The van der Waals surface area contributed by atoms with Crippen LogP contribution in [-0.2, 0) is 9.53 Å². The van der Waals surface area contributed by atoms with Crippen molar-refractivity contribution in [3.63, 3.8) is 0 Å². The first-order valence-electron chi connectivity index (χ1n) is 9.49. The number of aryl methyl sites for hydroxylation is 2. The third-order valence-electron chi connectivity index (χ3n) is 6.35. The fraction of sp³-hybridized carbons (Fsp3) is 0.600. The second-order valence-electron chi connectivity index (χ2n) is 8.12. The van der Waals surface area contributed by atoms with Crippen LogP contribution in [0.15, 0.2) is 16.9 Å². The number of ether oxygens (including phenoxy) is 1. The van der Waals surface area contributed by atoms with E-state index in [0.717, 1.165) is 43.4 Å². The summed E-state index contributed by atoms with van der Waals surface area (Å²) in [7, 11) is 0. The summed E-state index contributed by atoms with van der Waals surface area (Å²) in [5.74, 6) is -0.0976. The molecule has 3 heterocycles. The molecule has 0 spiro atoms. The maximum absolute atomic E-state index is 12.6. The highest BCUT2D eigenvalue weighted by atomic mass is 16.5. The highest BCUT2D eigenvalue weighted by Gasteiger charge is 2.39. The van der Waals surface area contributed by atoms with Gasteiger partial charge in [0.2, 0.25) is 0 Å². The van der Waals surface area contributed by atoms with E-state index in [2.05, 4.69) is 42.8 Å². The van der Waals surface area contributed by atoms with Crippen LogP contribution in [0.3, 0.4) is 0 Å². The number of fused-ring (bicyclic) bond motifs is 1. The average molecular weight is 357 g/mol. The predicted molar refractivity (Wildman–Crippen MR) is 100 cm³/mol. The second-order valence-corrected chi connectivity index (χ2v) is 8.12. The maximum Gasteiger partial charge on any atom is 0.326 e. The molecule has 2 aromatic rings. The number of carbonyl (C=O) groups excluding carboxylic acids is 1. The Morgan fingerprint density at radius 3 is 2.54 bits per heavy atom. The van der Waals surface area contributed by atoms with E-state index >= 15 is 0 Å². The van der Waals surface area contributed by atoms with Crippen molar-refractivity contribution in [2.75, 3.05) is 19.7 Å². The van der Waals surface area contributed by atoms with Crippen LogP contribution in [0.1, 0.15) is 49.8 Å². The van der Waals surface area contributed by atoms with Crippen molar-refractivity contribution < 1.29 is 9.53 Å². The number of hydrogen-bond donors (Lipinski definition) is 1. The van der Waals surface area contributed by atoms with Gasteiger partial charge in [-0.15, -0.1) is 0 Å². The number of cyclic esters (lactones) is 1. The molecule has 2 aliphatic heterocycles. The Balaban J connectivity index is 1.56. The molecule has 1 aromatic heterocycles. The molecule has 0 radical (unpaired) electrons. The molecule has 2 aliphatic rings. The molecule has 0 aliphatic carbocycles. The molecule has 2 fully saturated rings. The molecule has 140 valence electrons. The highest BCUT2D eigenvalue weighted by Crippen LogP contribution is 2.34. The number of esters is 1. The van der Waals surface area contributed by atoms with Crippen LogP contribution in [0, 0.1) is 13.8 Å². The normalized spacial score (nSPS) is 25.6. The largest absolute Gasteiger partial charge is 0.466 e. The van der Waals surface area contributed by atoms with Crippen LogP contribution in [-0.4, -0.2) is 45.7 Å². The first kappa shape index (κ1) is 17.3. The number of carbonyl (C=O) groups is 1. The maximum atomic E-state index is 12.6. The monoisotopic (exact) mass is 357 g/mol. The molecule has 6 nitrogen and oxygen atoms in total. The lowest BCUT2D eigenvalue weighted by molar-refractivity contribution is -0.154. The summed E-state index contributed by atoms with van der Waals surface area (Å²) < 4.78 is 7.05. The van der Waals surface area contributed by atoms with Crippen LogP contribution in [0.4, 0.5) is 0 Å². The number of nitrogens with zero attached hydrogens (tertiary/aromatic N) is 2. The minimum atomic E-state index is -0.112. The van der Waals surface area contributed by atoms with Crippen molar-refractivity contribution in [3.8, 4) is 0 Å². The van der Waals surface area contributed by atoms with Crippen molar-refractivity contribution in [1.82, 2.24) is 14.5 Å². The van der Waals surface area contributed by atoms with E-state index < -0.39 is 0 Å². The molecule has 1 atom stereocenters. The van der Waals surface area contributed by atoms with E-state index in [-0.39, 0.29) is 23.2 Å². The van der Waals surface area contributed by atoms with Gasteiger partial charge in [-0.2, -0.15) is 0 Å². The lowest BCUT2D eigenvalue weighted by Gasteiger charge is -2.46. The van der Waals surface area contributed by atoms with Crippen LogP contribution >= 0.6 is 0 Å². The molecule has 0 saturated carbocycles. The smallest absolute Gasteiger partial charge is 0.326 e. The number of H-pyrrole nitrogens is 1. The van der Waals surface area contributed by atoms with Gasteiger partial charge in [-0.1, -0.05) is 0 Å². The number of rotatable bonds is 2. The summed E-state index contributed by atoms with van der Waals surface area (Å²) in [5, 5.41) is 0. The van der Waals surface area contributed by atoms with Gasteiger partial charge < -0.3 is 9.72 Å². The molecular formula is C20H27N3O3. The van der Waals surface area contributed by atoms with Gasteiger partial charge in [0.05, 0.1) is 24.1 Å². The standard InChI is InChI=1S/C20H27N3O3/c1-13-10-16-17(11-14(13)2)23(19(25)21-16)15-4-7-22(8-5-15)20(3)6-9-26-18(24)12-20/h10-11,15H,4-9,12H2,1-3H3,(H,21,25). The first-order valence-corrected chi connectivity index (χ1v) is 9.49. The Kier molecular flexibility index (Phi) is 4.18. The average Bonchev–Trinajstić information content (AvgIpc) is 2.90. The zero-order chi connectivity index (χ0) is 18.5. The van der Waals surface area contributed by atoms with Crippen molar-refractivity contribution in [2.45, 2.75) is 58.0 Å². The molecule has 4 rings (SSSR count). The number of hydrogen-bond acceptors (Lipinski definition) is 4. The van der Waals surface area contributed by atoms with Crippen LogP contribution in [0.2, 0.25) is 0 Å². The molecular weight excluding hydrogens is 330 g/mol. The summed E-state index contributed by atoms with van der Waals surface area (Å²) in [4.78, 5) is 29.7. The van der Waals surface area contributed by atoms with E-state index in [4.69, 9.17) is 4.74 Å². The third kappa shape index (κ3) is 2.86. The van der Waals surface area contributed by atoms with Gasteiger partial charge in [-0.25, -0.2) is 4.79 Å². The number of nitrogens with one attached hydrogen (secondary N) is 1. The molecule has 6 heteroatoms. The van der Waals surface area contributed by atoms with Gasteiger partial charge in [0.15, 0.2) is 0 Å². The number of imidazole rings is 1. The fourth-order valence-electron chi connectivity index (χ4n) is 4.52. The Bertz CT molecular complexity index is 905. The van der Waals surface area contributed by atoms with Gasteiger partial charge in [-0.3, -0.25) is 14.3 Å². The number of aromatic amines is 1. The Morgan fingerprint density at radius 2 is 1.85 bits per heavy atom. The Morgan fingerprint density at radius 1 is 1.15 bits per heavy atom. The van der Waals surface area contributed by atoms with Crippen LogP contribution < -0.4 is 5.69 Å². The number of benzene rings is 1. The van der Waals surface area contributed by atoms with Gasteiger partial charge in [-0.05, 0) is 56.9 Å². The molecule has 1 N–H and O–H groups in total. The number of aromatic nitrogens is 2. The van der Waals surface area contributed by atoms with Gasteiger partial charge in [0, 0.05) is 31.1 Å². The molecule has 1 aromatic carbocycles. The second kappa shape index (κ2) is 6.27.